The van der Waals surface area contributed by atoms with Gasteiger partial charge in [0, 0.05) is 28.7 Å². The van der Waals surface area contributed by atoms with Crippen molar-refractivity contribution in [3.05, 3.63) is 60.8 Å². The maximum atomic E-state index is 11.8. The van der Waals surface area contributed by atoms with Gasteiger partial charge >= 0.3 is 5.97 Å². The number of hydrogen-bond donors (Lipinski definition) is 3. The Kier molecular flexibility index (Phi) is 5.49. The lowest BCUT2D eigenvalue weighted by Crippen LogP contribution is -2.21. The van der Waals surface area contributed by atoms with Crippen LogP contribution in [0.5, 0.6) is 5.88 Å². The molecule has 0 saturated carbocycles. The highest BCUT2D eigenvalue weighted by atomic mass is 79.9. The summed E-state index contributed by atoms with van der Waals surface area (Å²) in [6, 6.07) is 5.62. The van der Waals surface area contributed by atoms with Crippen molar-refractivity contribution in [2.75, 3.05) is 11.9 Å². The van der Waals surface area contributed by atoms with Crippen LogP contribution in [0.15, 0.2) is 39.6 Å². The van der Waals surface area contributed by atoms with Crippen LogP contribution in [-0.2, 0) is 9.53 Å². The molecule has 3 N–H and O–H groups in total. The number of H-pyrrole nitrogens is 1. The van der Waals surface area contributed by atoms with Gasteiger partial charge in [-0.1, -0.05) is 0 Å². The van der Waals surface area contributed by atoms with Crippen molar-refractivity contribution < 1.29 is 24.4 Å². The van der Waals surface area contributed by atoms with E-state index in [0.29, 0.717) is 0 Å². The summed E-state index contributed by atoms with van der Waals surface area (Å²) in [5, 5.41) is 22.3. The molecule has 0 saturated heterocycles. The van der Waals surface area contributed by atoms with Crippen LogP contribution in [0.25, 0.3) is 0 Å². The number of hydrogen-bond acceptors (Lipinski definition) is 7. The van der Waals surface area contributed by atoms with E-state index in [4.69, 9.17) is 4.74 Å². The van der Waals surface area contributed by atoms with E-state index in [2.05, 4.69) is 21.2 Å². The average molecular weight is 412 g/mol. The molecule has 0 atom stereocenters. The highest BCUT2D eigenvalue weighted by molar-refractivity contribution is 9.10. The second-order valence-electron chi connectivity index (χ2n) is 4.66. The predicted molar refractivity (Wildman–Crippen MR) is 88.4 cm³/mol. The van der Waals surface area contributed by atoms with Crippen LogP contribution >= 0.6 is 15.9 Å². The molecule has 25 heavy (non-hydrogen) atoms. The van der Waals surface area contributed by atoms with Gasteiger partial charge in [0.2, 0.25) is 0 Å². The number of benzene rings is 1. The quantitative estimate of drug-likeness (QED) is 0.383. The summed E-state index contributed by atoms with van der Waals surface area (Å²) in [6.45, 7) is -0.657. The summed E-state index contributed by atoms with van der Waals surface area (Å²) in [7, 11) is 0. The molecule has 0 aliphatic carbocycles. The number of nitro groups is 1. The van der Waals surface area contributed by atoms with Crippen LogP contribution in [-0.4, -0.2) is 33.5 Å². The largest absolute Gasteiger partial charge is 0.494 e. The Labute approximate surface area is 147 Å². The van der Waals surface area contributed by atoms with Crippen LogP contribution in [0.3, 0.4) is 0 Å². The number of pyridine rings is 1. The lowest BCUT2D eigenvalue weighted by molar-refractivity contribution is -0.384. The molecule has 0 fully saturated rings. The van der Waals surface area contributed by atoms with Gasteiger partial charge in [0.1, 0.15) is 0 Å². The fraction of sp³-hybridized carbons (Fsp3) is 0.0714. The van der Waals surface area contributed by atoms with E-state index in [1.807, 2.05) is 4.98 Å². The van der Waals surface area contributed by atoms with Crippen molar-refractivity contribution >= 4 is 39.2 Å². The van der Waals surface area contributed by atoms with Crippen LogP contribution < -0.4 is 10.9 Å². The number of nitro benzene ring substituents is 1. The molecule has 10 nitrogen and oxygen atoms in total. The van der Waals surface area contributed by atoms with Crippen LogP contribution in [0, 0.1) is 10.1 Å². The first-order valence-electron chi connectivity index (χ1n) is 6.60. The first-order valence-corrected chi connectivity index (χ1v) is 7.40. The zero-order valence-electron chi connectivity index (χ0n) is 12.3. The molecule has 1 aromatic carbocycles. The van der Waals surface area contributed by atoms with E-state index in [0.717, 1.165) is 12.1 Å². The summed E-state index contributed by atoms with van der Waals surface area (Å²) in [5.41, 5.74) is -0.831. The average Bonchev–Trinajstić information content (AvgIpc) is 2.53. The molecule has 130 valence electrons. The number of esters is 1. The van der Waals surface area contributed by atoms with E-state index >= 15 is 0 Å². The third kappa shape index (κ3) is 4.88. The highest BCUT2D eigenvalue weighted by Gasteiger charge is 2.14. The SMILES string of the molecule is O=C(COC(=O)c1cc(O)[nH]c(=O)c1)Nc1ccc([N+](=O)[O-])cc1Br. The minimum absolute atomic E-state index is 0.162. The zero-order chi connectivity index (χ0) is 18.6. The van der Waals surface area contributed by atoms with Gasteiger partial charge in [-0.25, -0.2) is 4.79 Å². The first-order chi connectivity index (χ1) is 11.8. The zero-order valence-corrected chi connectivity index (χ0v) is 13.9. The number of nitrogens with zero attached hydrogens (tertiary/aromatic N) is 1. The molecule has 0 bridgehead atoms. The minimum Gasteiger partial charge on any atom is -0.494 e. The number of carbonyl (C=O) groups is 2. The number of amides is 1. The molecular formula is C14H10BrN3O7. The Morgan fingerprint density at radius 2 is 2.04 bits per heavy atom. The van der Waals surface area contributed by atoms with Crippen molar-refractivity contribution in [2.45, 2.75) is 0 Å². The Hall–Kier alpha value is -3.21. The van der Waals surface area contributed by atoms with E-state index in [9.17, 15) is 29.6 Å². The molecule has 0 spiro atoms. The fourth-order valence-corrected chi connectivity index (χ4v) is 2.23. The van der Waals surface area contributed by atoms with Crippen molar-refractivity contribution in [1.82, 2.24) is 4.98 Å². The minimum atomic E-state index is -0.973. The van der Waals surface area contributed by atoms with Crippen molar-refractivity contribution in [3.8, 4) is 5.88 Å². The monoisotopic (exact) mass is 411 g/mol. The smallest absolute Gasteiger partial charge is 0.339 e. The molecule has 0 aliphatic heterocycles. The molecule has 2 aromatic rings. The van der Waals surface area contributed by atoms with Crippen molar-refractivity contribution in [2.24, 2.45) is 0 Å². The van der Waals surface area contributed by atoms with Crippen molar-refractivity contribution in [3.63, 3.8) is 0 Å². The third-order valence-electron chi connectivity index (χ3n) is 2.84. The van der Waals surface area contributed by atoms with E-state index in [1.165, 1.54) is 18.2 Å². The fourth-order valence-electron chi connectivity index (χ4n) is 1.77. The highest BCUT2D eigenvalue weighted by Crippen LogP contribution is 2.27. The molecular weight excluding hydrogens is 402 g/mol. The maximum Gasteiger partial charge on any atom is 0.339 e. The Bertz CT molecular complexity index is 910. The predicted octanol–water partition coefficient (Wildman–Crippen LogP) is 1.55. The standard InChI is InChI=1S/C14H10BrN3O7/c15-9-5-8(18(23)24)1-2-10(9)16-13(21)6-25-14(22)7-3-11(19)17-12(20)4-7/h1-5H,6H2,(H,16,21)(H2,17,19,20). The number of ether oxygens (including phenoxy) is 1. The van der Waals surface area contributed by atoms with E-state index < -0.39 is 34.8 Å². The number of aromatic hydroxyl groups is 1. The summed E-state index contributed by atoms with van der Waals surface area (Å²) >= 11 is 3.08. The van der Waals surface area contributed by atoms with E-state index in [-0.39, 0.29) is 21.4 Å². The summed E-state index contributed by atoms with van der Waals surface area (Å²) in [5.74, 6) is -2.19. The lowest BCUT2D eigenvalue weighted by Gasteiger charge is -2.08. The summed E-state index contributed by atoms with van der Waals surface area (Å²) in [4.78, 5) is 46.8. The van der Waals surface area contributed by atoms with E-state index in [1.54, 1.807) is 0 Å². The molecule has 1 aromatic heterocycles. The number of anilines is 1. The van der Waals surface area contributed by atoms with Crippen LogP contribution in [0.4, 0.5) is 11.4 Å². The number of nitrogens with one attached hydrogen (secondary N) is 2. The van der Waals surface area contributed by atoms with Crippen molar-refractivity contribution in [1.29, 1.82) is 0 Å². The number of aromatic amines is 1. The van der Waals surface area contributed by atoms with Gasteiger partial charge in [-0.2, -0.15) is 0 Å². The number of non-ortho nitro benzene ring substituents is 1. The van der Waals surface area contributed by atoms with Gasteiger partial charge < -0.3 is 15.2 Å². The molecule has 0 unspecified atom stereocenters. The Balaban J connectivity index is 1.97. The maximum absolute atomic E-state index is 11.8. The molecule has 2 rings (SSSR count). The van der Waals surface area contributed by atoms with Gasteiger partial charge in [-0.05, 0) is 22.0 Å². The molecule has 11 heteroatoms. The number of carbonyl (C=O) groups excluding carboxylic acids is 2. The van der Waals surface area contributed by atoms with Gasteiger partial charge in [0.25, 0.3) is 17.2 Å². The Morgan fingerprint density at radius 3 is 2.64 bits per heavy atom. The normalized spacial score (nSPS) is 10.1. The number of aromatic nitrogens is 1. The molecule has 0 aliphatic rings. The second-order valence-corrected chi connectivity index (χ2v) is 5.52. The third-order valence-corrected chi connectivity index (χ3v) is 3.49. The molecule has 1 amide bonds. The summed E-state index contributed by atoms with van der Waals surface area (Å²) < 4.78 is 5.01. The molecule has 1 heterocycles. The van der Waals surface area contributed by atoms with Gasteiger partial charge in [0.15, 0.2) is 12.5 Å². The molecule has 0 radical (unpaired) electrons. The number of halogens is 1. The Morgan fingerprint density at radius 1 is 1.32 bits per heavy atom. The summed E-state index contributed by atoms with van der Waals surface area (Å²) in [6.07, 6.45) is 0. The topological polar surface area (TPSA) is 152 Å². The van der Waals surface area contributed by atoms with Crippen LogP contribution in [0.1, 0.15) is 10.4 Å². The van der Waals surface area contributed by atoms with Gasteiger partial charge in [-0.3, -0.25) is 24.7 Å². The van der Waals surface area contributed by atoms with Crippen LogP contribution in [0.2, 0.25) is 0 Å². The van der Waals surface area contributed by atoms with Gasteiger partial charge in [-0.15, -0.1) is 0 Å². The lowest BCUT2D eigenvalue weighted by atomic mass is 10.2. The number of rotatable bonds is 5. The van der Waals surface area contributed by atoms with Gasteiger partial charge in [0.05, 0.1) is 16.2 Å². The second kappa shape index (κ2) is 7.57. The first kappa shape index (κ1) is 18.1.